The van der Waals surface area contributed by atoms with Crippen LogP contribution < -0.4 is 4.90 Å². The lowest BCUT2D eigenvalue weighted by Crippen LogP contribution is -2.30. The Labute approximate surface area is 203 Å². The molecule has 3 rings (SSSR count). The summed E-state index contributed by atoms with van der Waals surface area (Å²) in [6, 6.07) is 23.6. The zero-order valence-corrected chi connectivity index (χ0v) is 20.3. The number of unbranched alkanes of at least 4 members (excludes halogenated alkanes) is 3. The quantitative estimate of drug-likeness (QED) is 0.286. The Kier molecular flexibility index (Phi) is 9.45. The van der Waals surface area contributed by atoms with Crippen molar-refractivity contribution in [1.29, 1.82) is 0 Å². The van der Waals surface area contributed by atoms with E-state index >= 15 is 0 Å². The number of benzene rings is 3. The van der Waals surface area contributed by atoms with Crippen LogP contribution in [-0.4, -0.2) is 17.0 Å². The first kappa shape index (κ1) is 25.2. The maximum absolute atomic E-state index is 13.0. The van der Waals surface area contributed by atoms with E-state index in [0.29, 0.717) is 13.0 Å². The number of aryl methyl sites for hydroxylation is 1. The van der Waals surface area contributed by atoms with Gasteiger partial charge in [-0.05, 0) is 65.8 Å². The Morgan fingerprint density at radius 2 is 1.26 bits per heavy atom. The minimum atomic E-state index is -0.971. The van der Waals surface area contributed by atoms with Gasteiger partial charge in [0.1, 0.15) is 0 Å². The number of carbonyl (C=O) groups excluding carboxylic acids is 1. The fourth-order valence-corrected chi connectivity index (χ4v) is 4.00. The molecule has 0 aliphatic rings. The molecule has 0 saturated carbocycles. The minimum Gasteiger partial charge on any atom is -0.478 e. The first-order valence-electron chi connectivity index (χ1n) is 12.3. The third-order valence-corrected chi connectivity index (χ3v) is 6.12. The van der Waals surface area contributed by atoms with Crippen molar-refractivity contribution in [1.82, 2.24) is 0 Å². The molecular formula is C30H35NO3. The number of hydrogen-bond acceptors (Lipinski definition) is 2. The maximum atomic E-state index is 13.0. The minimum absolute atomic E-state index is 0.0586. The van der Waals surface area contributed by atoms with E-state index in [2.05, 4.69) is 62.4 Å². The van der Waals surface area contributed by atoms with Crippen LogP contribution in [0, 0.1) is 0 Å². The Balaban J connectivity index is 1.76. The summed E-state index contributed by atoms with van der Waals surface area (Å²) in [5.41, 5.74) is 5.68. The van der Waals surface area contributed by atoms with Gasteiger partial charge in [0.2, 0.25) is 5.91 Å². The number of hydrogen-bond donors (Lipinski definition) is 1. The van der Waals surface area contributed by atoms with Crippen LogP contribution >= 0.6 is 0 Å². The molecule has 4 heteroatoms. The van der Waals surface area contributed by atoms with Crippen LogP contribution in [0.25, 0.3) is 11.1 Å². The smallest absolute Gasteiger partial charge is 0.335 e. The molecule has 1 amide bonds. The Bertz CT molecular complexity index is 1050. The van der Waals surface area contributed by atoms with Gasteiger partial charge < -0.3 is 10.0 Å². The molecular weight excluding hydrogens is 422 g/mol. The molecule has 0 radical (unpaired) electrons. The fraction of sp³-hybridized carbons (Fsp3) is 0.333. The summed E-state index contributed by atoms with van der Waals surface area (Å²) < 4.78 is 0. The summed E-state index contributed by atoms with van der Waals surface area (Å²) in [5.74, 6) is -0.912. The number of anilines is 1. The lowest BCUT2D eigenvalue weighted by atomic mass is 10.0. The highest BCUT2D eigenvalue weighted by Gasteiger charge is 2.17. The van der Waals surface area contributed by atoms with Crippen molar-refractivity contribution in [3.63, 3.8) is 0 Å². The maximum Gasteiger partial charge on any atom is 0.335 e. The lowest BCUT2D eigenvalue weighted by Gasteiger charge is -2.23. The molecule has 0 bridgehead atoms. The van der Waals surface area contributed by atoms with Gasteiger partial charge in [0.05, 0.1) is 12.1 Å². The van der Waals surface area contributed by atoms with Crippen molar-refractivity contribution in [3.05, 3.63) is 89.5 Å². The van der Waals surface area contributed by atoms with E-state index in [-0.39, 0.29) is 11.5 Å². The number of rotatable bonds is 12. The summed E-state index contributed by atoms with van der Waals surface area (Å²) in [6.07, 6.45) is 6.94. The van der Waals surface area contributed by atoms with Crippen LogP contribution in [0.5, 0.6) is 0 Å². The third kappa shape index (κ3) is 7.05. The van der Waals surface area contributed by atoms with Crippen LogP contribution in [0.1, 0.15) is 73.9 Å². The Morgan fingerprint density at radius 3 is 1.79 bits per heavy atom. The number of carbonyl (C=O) groups is 2. The highest BCUT2D eigenvalue weighted by molar-refractivity contribution is 5.94. The van der Waals surface area contributed by atoms with Gasteiger partial charge in [-0.2, -0.15) is 0 Å². The second-order valence-corrected chi connectivity index (χ2v) is 8.79. The van der Waals surface area contributed by atoms with Crippen molar-refractivity contribution in [2.75, 3.05) is 4.90 Å². The largest absolute Gasteiger partial charge is 0.478 e. The molecule has 0 unspecified atom stereocenters. The number of aromatic carboxylic acids is 1. The van der Waals surface area contributed by atoms with Crippen molar-refractivity contribution in [2.45, 2.75) is 65.3 Å². The summed E-state index contributed by atoms with van der Waals surface area (Å²) >= 11 is 0. The molecule has 0 aromatic heterocycles. The topological polar surface area (TPSA) is 57.6 Å². The van der Waals surface area contributed by atoms with E-state index < -0.39 is 5.97 Å². The summed E-state index contributed by atoms with van der Waals surface area (Å²) in [7, 11) is 0. The molecule has 0 aliphatic carbocycles. The number of nitrogens with zero attached hydrogens (tertiary/aromatic N) is 1. The lowest BCUT2D eigenvalue weighted by molar-refractivity contribution is -0.118. The van der Waals surface area contributed by atoms with Crippen LogP contribution in [-0.2, 0) is 17.8 Å². The van der Waals surface area contributed by atoms with Gasteiger partial charge >= 0.3 is 5.97 Å². The van der Waals surface area contributed by atoms with Crippen molar-refractivity contribution < 1.29 is 14.7 Å². The molecule has 0 fully saturated rings. The predicted molar refractivity (Wildman–Crippen MR) is 139 cm³/mol. The van der Waals surface area contributed by atoms with Gasteiger partial charge in [0.25, 0.3) is 0 Å². The van der Waals surface area contributed by atoms with Gasteiger partial charge in [-0.15, -0.1) is 0 Å². The molecule has 34 heavy (non-hydrogen) atoms. The molecule has 0 atom stereocenters. The number of carboxylic acid groups (broad SMARTS) is 1. The van der Waals surface area contributed by atoms with Gasteiger partial charge in [-0.3, -0.25) is 4.79 Å². The van der Waals surface area contributed by atoms with Crippen molar-refractivity contribution in [2.24, 2.45) is 0 Å². The van der Waals surface area contributed by atoms with E-state index in [1.807, 2.05) is 0 Å². The number of amides is 1. The van der Waals surface area contributed by atoms with Crippen molar-refractivity contribution in [3.8, 4) is 11.1 Å². The number of carboxylic acids is 1. The van der Waals surface area contributed by atoms with Crippen LogP contribution in [0.2, 0.25) is 0 Å². The zero-order chi connectivity index (χ0) is 24.3. The van der Waals surface area contributed by atoms with E-state index in [1.54, 1.807) is 29.2 Å². The molecule has 3 aromatic carbocycles. The molecule has 3 aromatic rings. The molecule has 0 aliphatic heterocycles. The molecule has 0 spiro atoms. The molecule has 4 nitrogen and oxygen atoms in total. The highest BCUT2D eigenvalue weighted by Crippen LogP contribution is 2.24. The predicted octanol–water partition coefficient (Wildman–Crippen LogP) is 7.51. The van der Waals surface area contributed by atoms with Gasteiger partial charge in [0.15, 0.2) is 0 Å². The highest BCUT2D eigenvalue weighted by atomic mass is 16.4. The zero-order valence-electron chi connectivity index (χ0n) is 20.3. The Morgan fingerprint density at radius 1 is 0.706 bits per heavy atom. The van der Waals surface area contributed by atoms with E-state index in [4.69, 9.17) is 0 Å². The Hall–Kier alpha value is -3.40. The average molecular weight is 458 g/mol. The van der Waals surface area contributed by atoms with E-state index in [9.17, 15) is 14.7 Å². The second-order valence-electron chi connectivity index (χ2n) is 8.79. The molecule has 0 saturated heterocycles. The standard InChI is InChI=1S/C30H35NO3/c1-3-5-7-9-29(32)31(28-20-18-27(19-21-28)30(33)34)22-24-12-16-26(17-13-24)25-14-10-23(11-15-25)8-6-4-2/h10-21H,3-9,22H2,1-2H3,(H,33,34). The van der Waals surface area contributed by atoms with Crippen molar-refractivity contribution >= 4 is 17.6 Å². The average Bonchev–Trinajstić information content (AvgIpc) is 2.87. The summed E-state index contributed by atoms with van der Waals surface area (Å²) in [5, 5.41) is 9.19. The first-order chi connectivity index (χ1) is 16.5. The second kappa shape index (κ2) is 12.7. The first-order valence-corrected chi connectivity index (χ1v) is 12.3. The molecule has 1 N–H and O–H groups in total. The molecule has 178 valence electrons. The van der Waals surface area contributed by atoms with Gasteiger partial charge in [-0.25, -0.2) is 4.79 Å². The van der Waals surface area contributed by atoms with Crippen LogP contribution in [0.3, 0.4) is 0 Å². The van der Waals surface area contributed by atoms with Gasteiger partial charge in [0, 0.05) is 12.1 Å². The third-order valence-electron chi connectivity index (χ3n) is 6.12. The summed E-state index contributed by atoms with van der Waals surface area (Å²) in [4.78, 5) is 26.0. The van der Waals surface area contributed by atoms with E-state index in [1.165, 1.54) is 24.0 Å². The van der Waals surface area contributed by atoms with Crippen LogP contribution in [0.4, 0.5) is 5.69 Å². The van der Waals surface area contributed by atoms with E-state index in [0.717, 1.165) is 42.5 Å². The fourth-order valence-electron chi connectivity index (χ4n) is 4.00. The normalized spacial score (nSPS) is 10.8. The van der Waals surface area contributed by atoms with Crippen LogP contribution in [0.15, 0.2) is 72.8 Å². The van der Waals surface area contributed by atoms with Gasteiger partial charge in [-0.1, -0.05) is 81.6 Å². The monoisotopic (exact) mass is 457 g/mol. The SMILES string of the molecule is CCCCCC(=O)N(Cc1ccc(-c2ccc(CCCC)cc2)cc1)c1ccc(C(=O)O)cc1. The molecule has 0 heterocycles. The summed E-state index contributed by atoms with van der Waals surface area (Å²) in [6.45, 7) is 4.78.